The number of alkyl halides is 1. The van der Waals surface area contributed by atoms with Gasteiger partial charge in [0, 0.05) is 5.02 Å². The molecule has 0 N–H and O–H groups in total. The second-order valence-electron chi connectivity index (χ2n) is 3.35. The van der Waals surface area contributed by atoms with Crippen LogP contribution in [0, 0.1) is 10.1 Å². The van der Waals surface area contributed by atoms with Gasteiger partial charge in [-0.1, -0.05) is 39.7 Å². The standard InChI is InChI=1S/C11H7BrClNO3/c12-11(7-1-3-8(13)4-2-7)9-5-6-10(17-9)14(15)16/h1-6,11H. The molecule has 1 atom stereocenters. The first-order chi connectivity index (χ1) is 8.08. The van der Waals surface area contributed by atoms with Crippen LogP contribution in [-0.4, -0.2) is 4.92 Å². The van der Waals surface area contributed by atoms with E-state index in [1.54, 1.807) is 18.2 Å². The number of hydrogen-bond acceptors (Lipinski definition) is 3. The largest absolute Gasteiger partial charge is 0.433 e. The minimum atomic E-state index is -0.564. The predicted molar refractivity (Wildman–Crippen MR) is 67.6 cm³/mol. The highest BCUT2D eigenvalue weighted by molar-refractivity contribution is 9.09. The van der Waals surface area contributed by atoms with Crippen molar-refractivity contribution in [2.45, 2.75) is 4.83 Å². The van der Waals surface area contributed by atoms with E-state index in [1.165, 1.54) is 6.07 Å². The zero-order valence-corrected chi connectivity index (χ0v) is 10.8. The predicted octanol–water partition coefficient (Wildman–Crippen LogP) is 4.33. The first-order valence-corrected chi connectivity index (χ1v) is 6.01. The molecule has 0 fully saturated rings. The Morgan fingerprint density at radius 1 is 1.24 bits per heavy atom. The Morgan fingerprint density at radius 3 is 2.41 bits per heavy atom. The zero-order valence-electron chi connectivity index (χ0n) is 8.47. The summed E-state index contributed by atoms with van der Waals surface area (Å²) in [6.07, 6.45) is 0. The molecule has 4 nitrogen and oxygen atoms in total. The van der Waals surface area contributed by atoms with Crippen molar-refractivity contribution < 1.29 is 9.34 Å². The monoisotopic (exact) mass is 315 g/mol. The lowest BCUT2D eigenvalue weighted by atomic mass is 10.1. The summed E-state index contributed by atoms with van der Waals surface area (Å²) in [5.74, 6) is 0.220. The van der Waals surface area contributed by atoms with Gasteiger partial charge in [0.05, 0.1) is 10.9 Å². The highest BCUT2D eigenvalue weighted by atomic mass is 79.9. The van der Waals surface area contributed by atoms with Gasteiger partial charge in [-0.25, -0.2) is 0 Å². The van der Waals surface area contributed by atoms with Gasteiger partial charge in [-0.15, -0.1) is 0 Å². The SMILES string of the molecule is O=[N+]([O-])c1ccc(C(Br)c2ccc(Cl)cc2)o1. The molecule has 0 bridgehead atoms. The van der Waals surface area contributed by atoms with Crippen LogP contribution < -0.4 is 0 Å². The number of rotatable bonds is 3. The molecule has 1 heterocycles. The summed E-state index contributed by atoms with van der Waals surface area (Å²) in [4.78, 5) is 9.70. The number of furan rings is 1. The topological polar surface area (TPSA) is 56.3 Å². The van der Waals surface area contributed by atoms with Gasteiger partial charge >= 0.3 is 5.88 Å². The van der Waals surface area contributed by atoms with E-state index < -0.39 is 4.92 Å². The molecule has 0 spiro atoms. The Labute approximate surface area is 110 Å². The first kappa shape index (κ1) is 12.1. The second-order valence-corrected chi connectivity index (χ2v) is 4.70. The third kappa shape index (κ3) is 2.68. The molecule has 0 aliphatic heterocycles. The lowest BCUT2D eigenvalue weighted by molar-refractivity contribution is -0.402. The molecule has 0 aliphatic carbocycles. The maximum atomic E-state index is 10.5. The molecular formula is C11H7BrClNO3. The zero-order chi connectivity index (χ0) is 12.4. The van der Waals surface area contributed by atoms with Gasteiger partial charge in [-0.2, -0.15) is 0 Å². The third-order valence-corrected chi connectivity index (χ3v) is 3.44. The Kier molecular flexibility index (Phi) is 3.49. The van der Waals surface area contributed by atoms with E-state index >= 15 is 0 Å². The number of halogens is 2. The lowest BCUT2D eigenvalue weighted by Crippen LogP contribution is -1.90. The van der Waals surface area contributed by atoms with E-state index in [2.05, 4.69) is 15.9 Å². The highest BCUT2D eigenvalue weighted by Gasteiger charge is 2.18. The fourth-order valence-electron chi connectivity index (χ4n) is 1.37. The van der Waals surface area contributed by atoms with Crippen molar-refractivity contribution in [1.29, 1.82) is 0 Å². The molecular weight excluding hydrogens is 309 g/mol. The van der Waals surface area contributed by atoms with Gasteiger partial charge < -0.3 is 4.42 Å². The molecule has 0 saturated carbocycles. The third-order valence-electron chi connectivity index (χ3n) is 2.20. The van der Waals surface area contributed by atoms with Crippen molar-refractivity contribution in [3.8, 4) is 0 Å². The Morgan fingerprint density at radius 2 is 1.88 bits per heavy atom. The van der Waals surface area contributed by atoms with Crippen molar-refractivity contribution in [1.82, 2.24) is 0 Å². The van der Waals surface area contributed by atoms with E-state index in [0.717, 1.165) is 5.56 Å². The molecule has 17 heavy (non-hydrogen) atoms. The van der Waals surface area contributed by atoms with Crippen LogP contribution in [0.3, 0.4) is 0 Å². The molecule has 6 heteroatoms. The van der Waals surface area contributed by atoms with Crippen LogP contribution in [0.25, 0.3) is 0 Å². The summed E-state index contributed by atoms with van der Waals surface area (Å²) in [5, 5.41) is 11.1. The average molecular weight is 317 g/mol. The van der Waals surface area contributed by atoms with Crippen LogP contribution >= 0.6 is 27.5 Å². The number of hydrogen-bond donors (Lipinski definition) is 0. The van der Waals surface area contributed by atoms with E-state index in [0.29, 0.717) is 10.8 Å². The molecule has 1 aromatic heterocycles. The van der Waals surface area contributed by atoms with E-state index in [-0.39, 0.29) is 10.7 Å². The van der Waals surface area contributed by atoms with E-state index in [4.69, 9.17) is 16.0 Å². The maximum absolute atomic E-state index is 10.5. The van der Waals surface area contributed by atoms with E-state index in [1.807, 2.05) is 12.1 Å². The minimum Gasteiger partial charge on any atom is -0.404 e. The van der Waals surface area contributed by atoms with Crippen molar-refractivity contribution in [3.05, 3.63) is 62.9 Å². The first-order valence-electron chi connectivity index (χ1n) is 4.71. The van der Waals surface area contributed by atoms with Gasteiger partial charge in [-0.05, 0) is 23.8 Å². The lowest BCUT2D eigenvalue weighted by Gasteiger charge is -2.06. The summed E-state index contributed by atoms with van der Waals surface area (Å²) >= 11 is 9.20. The molecule has 2 aromatic rings. The molecule has 0 aliphatic rings. The molecule has 2 rings (SSSR count). The smallest absolute Gasteiger partial charge is 0.404 e. The van der Waals surface area contributed by atoms with Crippen molar-refractivity contribution in [2.24, 2.45) is 0 Å². The van der Waals surface area contributed by atoms with E-state index in [9.17, 15) is 10.1 Å². The molecule has 1 unspecified atom stereocenters. The quantitative estimate of drug-likeness (QED) is 0.481. The Bertz CT molecular complexity index is 538. The fraction of sp³-hybridized carbons (Fsp3) is 0.0909. The van der Waals surface area contributed by atoms with Crippen LogP contribution in [0.1, 0.15) is 16.2 Å². The van der Waals surface area contributed by atoms with Crippen LogP contribution in [0.5, 0.6) is 0 Å². The van der Waals surface area contributed by atoms with Crippen molar-refractivity contribution >= 4 is 33.4 Å². The number of nitro groups is 1. The van der Waals surface area contributed by atoms with Gasteiger partial charge in [0.2, 0.25) is 0 Å². The molecule has 1 aromatic carbocycles. The Balaban J connectivity index is 2.27. The summed E-state index contributed by atoms with van der Waals surface area (Å²) in [6, 6.07) is 10.1. The maximum Gasteiger partial charge on any atom is 0.433 e. The Hall–Kier alpha value is -1.33. The van der Waals surface area contributed by atoms with Gasteiger partial charge in [0.15, 0.2) is 0 Å². The summed E-state index contributed by atoms with van der Waals surface area (Å²) in [5.41, 5.74) is 0.915. The second kappa shape index (κ2) is 4.89. The summed E-state index contributed by atoms with van der Waals surface area (Å²) < 4.78 is 5.11. The van der Waals surface area contributed by atoms with Gasteiger partial charge in [0.1, 0.15) is 10.7 Å². The molecule has 0 amide bonds. The van der Waals surface area contributed by atoms with Gasteiger partial charge in [-0.3, -0.25) is 10.1 Å². The van der Waals surface area contributed by atoms with Gasteiger partial charge in [0.25, 0.3) is 0 Å². The number of nitrogens with zero attached hydrogens (tertiary/aromatic N) is 1. The summed E-state index contributed by atoms with van der Waals surface area (Å²) in [7, 11) is 0. The average Bonchev–Trinajstić information content (AvgIpc) is 2.78. The normalized spacial score (nSPS) is 12.4. The molecule has 88 valence electrons. The number of benzene rings is 1. The van der Waals surface area contributed by atoms with Crippen LogP contribution in [-0.2, 0) is 0 Å². The fourth-order valence-corrected chi connectivity index (χ4v) is 2.05. The highest BCUT2D eigenvalue weighted by Crippen LogP contribution is 2.33. The molecule has 0 saturated heterocycles. The molecule has 0 radical (unpaired) electrons. The van der Waals surface area contributed by atoms with Crippen LogP contribution in [0.4, 0.5) is 5.88 Å². The van der Waals surface area contributed by atoms with Crippen molar-refractivity contribution in [3.63, 3.8) is 0 Å². The van der Waals surface area contributed by atoms with Crippen LogP contribution in [0.2, 0.25) is 5.02 Å². The summed E-state index contributed by atoms with van der Waals surface area (Å²) in [6.45, 7) is 0. The minimum absolute atomic E-state index is 0.228. The van der Waals surface area contributed by atoms with Crippen LogP contribution in [0.15, 0.2) is 40.8 Å². The van der Waals surface area contributed by atoms with Crippen molar-refractivity contribution in [2.75, 3.05) is 0 Å².